The van der Waals surface area contributed by atoms with E-state index in [1.165, 1.54) is 31.0 Å². The first-order valence-electron chi connectivity index (χ1n) is 11.8. The number of para-hydroxylation sites is 3. The number of carbonyl (C=O) groups is 1. The van der Waals surface area contributed by atoms with E-state index in [4.69, 9.17) is 4.98 Å². The summed E-state index contributed by atoms with van der Waals surface area (Å²) in [5.74, 6) is -0.0203. The number of rotatable bonds is 6. The third kappa shape index (κ3) is 4.18. The van der Waals surface area contributed by atoms with E-state index in [9.17, 15) is 9.59 Å². The Balaban J connectivity index is 1.37. The molecule has 0 atom stereocenters. The van der Waals surface area contributed by atoms with Gasteiger partial charge in [-0.1, -0.05) is 61.4 Å². The van der Waals surface area contributed by atoms with E-state index < -0.39 is 0 Å². The van der Waals surface area contributed by atoms with Crippen LogP contribution in [0.25, 0.3) is 16.7 Å². The van der Waals surface area contributed by atoms with Crippen molar-refractivity contribution in [2.45, 2.75) is 50.2 Å². The lowest BCUT2D eigenvalue weighted by Crippen LogP contribution is -2.23. The van der Waals surface area contributed by atoms with E-state index in [-0.39, 0.29) is 17.2 Å². The summed E-state index contributed by atoms with van der Waals surface area (Å²) in [5, 5.41) is 3.73. The lowest BCUT2D eigenvalue weighted by atomic mass is 9.95. The molecule has 1 aliphatic carbocycles. The zero-order valence-corrected chi connectivity index (χ0v) is 20.3. The normalized spacial score (nSPS) is 14.5. The summed E-state index contributed by atoms with van der Waals surface area (Å²) in [6.07, 6.45) is 6.02. The summed E-state index contributed by atoms with van der Waals surface area (Å²) < 4.78 is 5.66. The highest BCUT2D eigenvalue weighted by atomic mass is 32.2. The minimum absolute atomic E-state index is 0.190. The molecule has 0 radical (unpaired) electrons. The van der Waals surface area contributed by atoms with E-state index in [1.54, 1.807) is 9.36 Å². The van der Waals surface area contributed by atoms with Gasteiger partial charge in [0, 0.05) is 13.1 Å². The number of thioether (sulfide) groups is 1. The van der Waals surface area contributed by atoms with Gasteiger partial charge in [0.15, 0.2) is 5.16 Å². The van der Waals surface area contributed by atoms with Crippen LogP contribution in [0.15, 0.2) is 64.5 Å². The molecular formula is C26H29N5O2S. The van der Waals surface area contributed by atoms with Gasteiger partial charge in [0.1, 0.15) is 5.69 Å². The smallest absolute Gasteiger partial charge is 0.295 e. The quantitative estimate of drug-likeness (QED) is 0.395. The highest BCUT2D eigenvalue weighted by molar-refractivity contribution is 7.99. The van der Waals surface area contributed by atoms with Gasteiger partial charge in [-0.25, -0.2) is 9.67 Å². The van der Waals surface area contributed by atoms with Gasteiger partial charge in [0.05, 0.1) is 28.2 Å². The molecule has 0 saturated heterocycles. The molecule has 1 saturated carbocycles. The number of imidazole rings is 1. The number of hydrogen-bond donors (Lipinski definition) is 1. The Labute approximate surface area is 202 Å². The van der Waals surface area contributed by atoms with Crippen LogP contribution in [0.5, 0.6) is 0 Å². The van der Waals surface area contributed by atoms with Crippen molar-refractivity contribution in [1.82, 2.24) is 18.9 Å². The lowest BCUT2D eigenvalue weighted by Gasteiger charge is -2.25. The van der Waals surface area contributed by atoms with Crippen LogP contribution in [-0.2, 0) is 11.8 Å². The summed E-state index contributed by atoms with van der Waals surface area (Å²) in [6.45, 7) is 1.84. The first-order valence-corrected chi connectivity index (χ1v) is 12.8. The first kappa shape index (κ1) is 22.5. The number of fused-ring (bicyclic) bond motifs is 1. The number of nitrogens with one attached hydrogen (secondary N) is 1. The fourth-order valence-electron chi connectivity index (χ4n) is 4.83. The maximum Gasteiger partial charge on any atom is 0.295 e. The third-order valence-corrected chi connectivity index (χ3v) is 7.61. The zero-order valence-electron chi connectivity index (χ0n) is 19.5. The van der Waals surface area contributed by atoms with Gasteiger partial charge in [-0.3, -0.25) is 14.3 Å². The first-order chi connectivity index (χ1) is 16.5. The Morgan fingerprint density at radius 3 is 2.53 bits per heavy atom. The average Bonchev–Trinajstić information content (AvgIpc) is 3.34. The number of benzene rings is 2. The van der Waals surface area contributed by atoms with Crippen LogP contribution in [-0.4, -0.2) is 30.6 Å². The molecular weight excluding hydrogens is 446 g/mol. The topological polar surface area (TPSA) is 73.8 Å². The Kier molecular flexibility index (Phi) is 6.32. The average molecular weight is 476 g/mol. The second-order valence-electron chi connectivity index (χ2n) is 8.82. The second kappa shape index (κ2) is 9.54. The largest absolute Gasteiger partial charge is 0.319 e. The van der Waals surface area contributed by atoms with Gasteiger partial charge in [0.2, 0.25) is 5.91 Å². The van der Waals surface area contributed by atoms with Crippen molar-refractivity contribution in [3.05, 3.63) is 70.6 Å². The van der Waals surface area contributed by atoms with Crippen molar-refractivity contribution < 1.29 is 4.79 Å². The van der Waals surface area contributed by atoms with Crippen LogP contribution < -0.4 is 10.9 Å². The van der Waals surface area contributed by atoms with Crippen LogP contribution in [0.3, 0.4) is 0 Å². The monoisotopic (exact) mass is 475 g/mol. The summed E-state index contributed by atoms with van der Waals surface area (Å²) in [4.78, 5) is 30.9. The molecule has 7 nitrogen and oxygen atoms in total. The van der Waals surface area contributed by atoms with Crippen molar-refractivity contribution in [1.29, 1.82) is 0 Å². The lowest BCUT2D eigenvalue weighted by molar-refractivity contribution is -0.113. The minimum Gasteiger partial charge on any atom is -0.319 e. The molecule has 8 heteroatoms. The van der Waals surface area contributed by atoms with Crippen molar-refractivity contribution in [2.75, 3.05) is 11.1 Å². The Morgan fingerprint density at radius 1 is 1.06 bits per heavy atom. The molecule has 1 N–H and O–H groups in total. The predicted octanol–water partition coefficient (Wildman–Crippen LogP) is 5.07. The SMILES string of the molecule is Cc1c(NC(=O)CSc2nc3ccccc3n2C2CCCCC2)c(=O)n(-c2ccccc2)n1C. The molecule has 1 fully saturated rings. The minimum atomic E-state index is -0.237. The van der Waals surface area contributed by atoms with Gasteiger partial charge < -0.3 is 9.88 Å². The van der Waals surface area contributed by atoms with Crippen molar-refractivity contribution in [3.8, 4) is 5.69 Å². The molecule has 0 spiro atoms. The summed E-state index contributed by atoms with van der Waals surface area (Å²) in [6, 6.07) is 18.0. The zero-order chi connectivity index (χ0) is 23.7. The molecule has 2 aromatic heterocycles. The molecule has 4 aromatic rings. The van der Waals surface area contributed by atoms with E-state index in [1.807, 2.05) is 62.5 Å². The molecule has 176 valence electrons. The van der Waals surface area contributed by atoms with Gasteiger partial charge in [0.25, 0.3) is 5.56 Å². The fraction of sp³-hybridized carbons (Fsp3) is 0.346. The number of anilines is 1. The maximum atomic E-state index is 13.1. The van der Waals surface area contributed by atoms with Gasteiger partial charge >= 0.3 is 0 Å². The molecule has 2 heterocycles. The maximum absolute atomic E-state index is 13.1. The number of aromatic nitrogens is 4. The molecule has 5 rings (SSSR count). The number of amides is 1. The molecule has 1 aliphatic rings. The van der Waals surface area contributed by atoms with Crippen molar-refractivity contribution >= 4 is 34.4 Å². The standard InChI is InChI=1S/C26H29N5O2S/c1-18-24(25(33)31(29(18)2)20-13-7-4-8-14-20)28-23(32)17-34-26-27-21-15-9-10-16-22(21)30(26)19-11-5-3-6-12-19/h4,7-10,13-16,19H,3,5-6,11-12,17H2,1-2H3,(H,28,32). The van der Waals surface area contributed by atoms with Gasteiger partial charge in [-0.05, 0) is 44.0 Å². The Bertz CT molecular complexity index is 1380. The van der Waals surface area contributed by atoms with E-state index in [2.05, 4.69) is 16.0 Å². The third-order valence-electron chi connectivity index (χ3n) is 6.65. The van der Waals surface area contributed by atoms with Crippen LogP contribution in [0.4, 0.5) is 5.69 Å². The number of nitrogens with zero attached hydrogens (tertiary/aromatic N) is 4. The molecule has 2 aromatic carbocycles. The van der Waals surface area contributed by atoms with Crippen LogP contribution >= 0.6 is 11.8 Å². The van der Waals surface area contributed by atoms with Gasteiger partial charge in [-0.15, -0.1) is 0 Å². The van der Waals surface area contributed by atoms with Crippen molar-refractivity contribution in [2.24, 2.45) is 7.05 Å². The Morgan fingerprint density at radius 2 is 1.76 bits per heavy atom. The molecule has 0 unspecified atom stereocenters. The second-order valence-corrected chi connectivity index (χ2v) is 9.76. The van der Waals surface area contributed by atoms with Crippen LogP contribution in [0.1, 0.15) is 43.8 Å². The summed E-state index contributed by atoms with van der Waals surface area (Å²) in [5.41, 5.74) is 3.63. The van der Waals surface area contributed by atoms with E-state index >= 15 is 0 Å². The highest BCUT2D eigenvalue weighted by Gasteiger charge is 2.23. The van der Waals surface area contributed by atoms with Crippen molar-refractivity contribution in [3.63, 3.8) is 0 Å². The molecule has 34 heavy (non-hydrogen) atoms. The summed E-state index contributed by atoms with van der Waals surface area (Å²) in [7, 11) is 1.82. The predicted molar refractivity (Wildman–Crippen MR) is 137 cm³/mol. The highest BCUT2D eigenvalue weighted by Crippen LogP contribution is 2.35. The number of carbonyl (C=O) groups excluding carboxylic acids is 1. The summed E-state index contributed by atoms with van der Waals surface area (Å²) >= 11 is 1.44. The molecule has 0 bridgehead atoms. The number of hydrogen-bond acceptors (Lipinski definition) is 4. The van der Waals surface area contributed by atoms with Gasteiger partial charge in [-0.2, -0.15) is 0 Å². The van der Waals surface area contributed by atoms with E-state index in [0.29, 0.717) is 17.4 Å². The fourth-order valence-corrected chi connectivity index (χ4v) is 5.72. The van der Waals surface area contributed by atoms with Crippen LogP contribution in [0, 0.1) is 6.92 Å². The van der Waals surface area contributed by atoms with E-state index in [0.717, 1.165) is 34.7 Å². The van der Waals surface area contributed by atoms with Crippen LogP contribution in [0.2, 0.25) is 0 Å². The molecule has 1 amide bonds. The molecule has 0 aliphatic heterocycles. The Hall–Kier alpha value is -3.26.